The fourth-order valence-corrected chi connectivity index (χ4v) is 1.20. The lowest BCUT2D eigenvalue weighted by Crippen LogP contribution is -2.33. The van der Waals surface area contributed by atoms with Crippen LogP contribution in [0.25, 0.3) is 0 Å². The number of hydrogen-bond donors (Lipinski definition) is 2. The van der Waals surface area contributed by atoms with Crippen molar-refractivity contribution in [2.24, 2.45) is 0 Å². The summed E-state index contributed by atoms with van der Waals surface area (Å²) in [5.74, 6) is 0.697. The molecule has 1 aromatic rings. The average molecular weight is 241 g/mol. The Balaban J connectivity index is 2.02. The summed E-state index contributed by atoms with van der Waals surface area (Å²) in [6, 6.07) is 0. The summed E-state index contributed by atoms with van der Waals surface area (Å²) in [6.07, 6.45) is 2.13. The highest BCUT2D eigenvalue weighted by Gasteiger charge is 2.15. The highest BCUT2D eigenvalue weighted by Crippen LogP contribution is 2.06. The Hall–Kier alpha value is -1.66. The van der Waals surface area contributed by atoms with Crippen LogP contribution in [0.2, 0.25) is 0 Å². The Morgan fingerprint density at radius 3 is 2.76 bits per heavy atom. The minimum Gasteiger partial charge on any atom is -0.444 e. The van der Waals surface area contributed by atoms with Crippen molar-refractivity contribution in [3.8, 4) is 0 Å². The van der Waals surface area contributed by atoms with E-state index in [1.807, 2.05) is 20.8 Å². The van der Waals surface area contributed by atoms with Gasteiger partial charge in [0.25, 0.3) is 0 Å². The van der Waals surface area contributed by atoms with E-state index in [1.165, 1.54) is 0 Å². The molecule has 0 saturated carbocycles. The number of ether oxygens (including phenoxy) is 1. The molecule has 0 aliphatic rings. The number of nitrogens with zero attached hydrogens (tertiary/aromatic N) is 3. The van der Waals surface area contributed by atoms with E-state index in [9.17, 15) is 4.79 Å². The maximum absolute atomic E-state index is 11.3. The van der Waals surface area contributed by atoms with Crippen molar-refractivity contribution in [3.05, 3.63) is 5.82 Å². The Bertz CT molecular complexity index is 331. The first kappa shape index (κ1) is 13.4. The maximum atomic E-state index is 11.3. The second-order valence-corrected chi connectivity index (χ2v) is 4.71. The van der Waals surface area contributed by atoms with Crippen LogP contribution in [0.3, 0.4) is 0 Å². The van der Waals surface area contributed by atoms with Crippen molar-refractivity contribution in [2.75, 3.05) is 6.54 Å². The third kappa shape index (κ3) is 6.49. The van der Waals surface area contributed by atoms with Crippen LogP contribution < -0.4 is 5.32 Å². The highest BCUT2D eigenvalue weighted by molar-refractivity contribution is 5.67. The monoisotopic (exact) mass is 241 g/mol. The number of aryl methyl sites for hydroxylation is 1. The molecule has 7 nitrogen and oxygen atoms in total. The molecule has 17 heavy (non-hydrogen) atoms. The quantitative estimate of drug-likeness (QED) is 0.751. The summed E-state index contributed by atoms with van der Waals surface area (Å²) >= 11 is 0. The van der Waals surface area contributed by atoms with Crippen LogP contribution in [0.15, 0.2) is 0 Å². The van der Waals surface area contributed by atoms with E-state index < -0.39 is 5.60 Å². The van der Waals surface area contributed by atoms with Gasteiger partial charge < -0.3 is 10.1 Å². The van der Waals surface area contributed by atoms with Gasteiger partial charge in [0.2, 0.25) is 0 Å². The molecule has 1 amide bonds. The third-order valence-electron chi connectivity index (χ3n) is 1.88. The van der Waals surface area contributed by atoms with Crippen LogP contribution in [-0.2, 0) is 11.2 Å². The first-order chi connectivity index (χ1) is 7.97. The first-order valence-corrected chi connectivity index (χ1v) is 5.66. The number of H-pyrrole nitrogens is 1. The first-order valence-electron chi connectivity index (χ1n) is 5.66. The Morgan fingerprint density at radius 2 is 2.18 bits per heavy atom. The topological polar surface area (TPSA) is 92.8 Å². The van der Waals surface area contributed by atoms with E-state index >= 15 is 0 Å². The van der Waals surface area contributed by atoms with Gasteiger partial charge in [-0.3, -0.25) is 0 Å². The smallest absolute Gasteiger partial charge is 0.407 e. The number of nitrogens with one attached hydrogen (secondary N) is 2. The SMILES string of the molecule is CC(C)(C)OC(=O)NCCCCc1nn[nH]n1. The summed E-state index contributed by atoms with van der Waals surface area (Å²) in [7, 11) is 0. The number of hydrogen-bond acceptors (Lipinski definition) is 5. The molecule has 2 N–H and O–H groups in total. The molecule has 0 atom stereocenters. The second kappa shape index (κ2) is 6.17. The molecule has 0 fully saturated rings. The molecule has 0 aliphatic carbocycles. The summed E-state index contributed by atoms with van der Waals surface area (Å²) in [4.78, 5) is 11.3. The van der Waals surface area contributed by atoms with Crippen LogP contribution in [-0.4, -0.2) is 38.9 Å². The standard InChI is InChI=1S/C10H19N5O2/c1-10(2,3)17-9(16)11-7-5-4-6-8-12-14-15-13-8/h4-7H2,1-3H3,(H,11,16)(H,12,13,14,15). The molecule has 96 valence electrons. The fourth-order valence-electron chi connectivity index (χ4n) is 1.20. The van der Waals surface area contributed by atoms with Crippen molar-refractivity contribution >= 4 is 6.09 Å². The fraction of sp³-hybridized carbons (Fsp3) is 0.800. The lowest BCUT2D eigenvalue weighted by atomic mass is 10.2. The zero-order valence-electron chi connectivity index (χ0n) is 10.5. The summed E-state index contributed by atoms with van der Waals surface area (Å²) in [5, 5.41) is 16.2. The molecule has 0 spiro atoms. The average Bonchev–Trinajstić information content (AvgIpc) is 2.67. The van der Waals surface area contributed by atoms with Crippen LogP contribution in [0.5, 0.6) is 0 Å². The third-order valence-corrected chi connectivity index (χ3v) is 1.88. The molecule has 0 unspecified atom stereocenters. The lowest BCUT2D eigenvalue weighted by Gasteiger charge is -2.19. The molecule has 1 heterocycles. The molecule has 7 heteroatoms. The Morgan fingerprint density at radius 1 is 1.41 bits per heavy atom. The molecule has 0 aromatic carbocycles. The molecule has 0 aliphatic heterocycles. The number of carbonyl (C=O) groups is 1. The normalized spacial score (nSPS) is 11.2. The molecule has 0 bridgehead atoms. The molecular formula is C10H19N5O2. The molecule has 0 saturated heterocycles. The van der Waals surface area contributed by atoms with E-state index in [2.05, 4.69) is 25.9 Å². The van der Waals surface area contributed by atoms with E-state index in [0.29, 0.717) is 12.4 Å². The van der Waals surface area contributed by atoms with Gasteiger partial charge in [0, 0.05) is 13.0 Å². The predicted molar refractivity (Wildman–Crippen MR) is 61.4 cm³/mol. The number of rotatable bonds is 5. The van der Waals surface area contributed by atoms with Gasteiger partial charge in [-0.05, 0) is 33.6 Å². The minimum absolute atomic E-state index is 0.378. The Labute approximate surface area is 100 Å². The molecule has 0 radical (unpaired) electrons. The van der Waals surface area contributed by atoms with Crippen LogP contribution in [0.1, 0.15) is 39.4 Å². The lowest BCUT2D eigenvalue weighted by molar-refractivity contribution is 0.0527. The van der Waals surface area contributed by atoms with Gasteiger partial charge in [0.15, 0.2) is 5.82 Å². The molecular weight excluding hydrogens is 222 g/mol. The van der Waals surface area contributed by atoms with Crippen LogP contribution >= 0.6 is 0 Å². The van der Waals surface area contributed by atoms with Crippen molar-refractivity contribution in [1.29, 1.82) is 0 Å². The summed E-state index contributed by atoms with van der Waals surface area (Å²) < 4.78 is 5.10. The van der Waals surface area contributed by atoms with Gasteiger partial charge in [-0.15, -0.1) is 10.2 Å². The van der Waals surface area contributed by atoms with Gasteiger partial charge in [0.05, 0.1) is 0 Å². The Kier molecular flexibility index (Phi) is 4.86. The zero-order chi connectivity index (χ0) is 12.7. The van der Waals surface area contributed by atoms with E-state index in [4.69, 9.17) is 4.74 Å². The van der Waals surface area contributed by atoms with E-state index in [1.54, 1.807) is 0 Å². The minimum atomic E-state index is -0.450. The zero-order valence-corrected chi connectivity index (χ0v) is 10.5. The van der Waals surface area contributed by atoms with E-state index in [-0.39, 0.29) is 6.09 Å². The maximum Gasteiger partial charge on any atom is 0.407 e. The molecule has 1 aromatic heterocycles. The van der Waals surface area contributed by atoms with Gasteiger partial charge >= 0.3 is 6.09 Å². The van der Waals surface area contributed by atoms with Gasteiger partial charge in [0.1, 0.15) is 5.60 Å². The van der Waals surface area contributed by atoms with Crippen LogP contribution in [0.4, 0.5) is 4.79 Å². The van der Waals surface area contributed by atoms with E-state index in [0.717, 1.165) is 19.3 Å². The highest BCUT2D eigenvalue weighted by atomic mass is 16.6. The van der Waals surface area contributed by atoms with Crippen molar-refractivity contribution in [3.63, 3.8) is 0 Å². The number of aromatic amines is 1. The summed E-state index contributed by atoms with van der Waals surface area (Å²) in [5.41, 5.74) is -0.450. The number of amides is 1. The van der Waals surface area contributed by atoms with Gasteiger partial charge in [-0.2, -0.15) is 5.21 Å². The number of unbranched alkanes of at least 4 members (excludes halogenated alkanes) is 1. The number of aromatic nitrogens is 4. The van der Waals surface area contributed by atoms with Crippen LogP contribution in [0, 0.1) is 0 Å². The number of carbonyl (C=O) groups excluding carboxylic acids is 1. The molecule has 1 rings (SSSR count). The predicted octanol–water partition coefficient (Wildman–Crippen LogP) is 1.05. The number of tetrazole rings is 1. The van der Waals surface area contributed by atoms with Gasteiger partial charge in [-0.25, -0.2) is 4.79 Å². The van der Waals surface area contributed by atoms with Crippen molar-refractivity contribution in [2.45, 2.75) is 45.6 Å². The number of alkyl carbamates (subject to hydrolysis) is 1. The largest absolute Gasteiger partial charge is 0.444 e. The van der Waals surface area contributed by atoms with Crippen molar-refractivity contribution < 1.29 is 9.53 Å². The second-order valence-electron chi connectivity index (χ2n) is 4.71. The summed E-state index contributed by atoms with van der Waals surface area (Å²) in [6.45, 7) is 6.10. The van der Waals surface area contributed by atoms with Gasteiger partial charge in [-0.1, -0.05) is 5.21 Å². The van der Waals surface area contributed by atoms with Crippen molar-refractivity contribution in [1.82, 2.24) is 25.9 Å².